The van der Waals surface area contributed by atoms with Crippen molar-refractivity contribution in [3.63, 3.8) is 0 Å². The Hall–Kier alpha value is -3.91. The summed E-state index contributed by atoms with van der Waals surface area (Å²) in [5.74, 6) is -0.460. The molecule has 0 fully saturated rings. The third-order valence-corrected chi connectivity index (χ3v) is 5.66. The lowest BCUT2D eigenvalue weighted by molar-refractivity contribution is 0.386. The number of ether oxygens (including phenoxy) is 1. The molecule has 0 radical (unpaired) electrons. The summed E-state index contributed by atoms with van der Waals surface area (Å²) < 4.78 is 27.1. The number of nitrogens with zero attached hydrogens (tertiary/aromatic N) is 3. The van der Waals surface area contributed by atoms with Gasteiger partial charge in [0, 0.05) is 35.6 Å². The Morgan fingerprint density at radius 1 is 1.12 bits per heavy atom. The number of hydrogen-bond acceptors (Lipinski definition) is 5. The van der Waals surface area contributed by atoms with Crippen molar-refractivity contribution >= 4 is 33.5 Å². The average molecular weight is 452 g/mol. The highest BCUT2D eigenvalue weighted by Crippen LogP contribution is 2.35. The molecular weight excluding hydrogens is 437 g/mol. The highest BCUT2D eigenvalue weighted by molar-refractivity contribution is 6.33. The van der Waals surface area contributed by atoms with E-state index in [-0.39, 0.29) is 27.6 Å². The van der Waals surface area contributed by atoms with Crippen molar-refractivity contribution in [1.82, 2.24) is 14.1 Å². The van der Waals surface area contributed by atoms with Crippen LogP contribution in [-0.2, 0) is 7.05 Å². The number of methoxy groups -OCH3 is 1. The molecule has 7 nitrogen and oxygen atoms in total. The smallest absolute Gasteiger partial charge is 0.336 e. The number of furan rings is 1. The maximum absolute atomic E-state index is 14.0. The van der Waals surface area contributed by atoms with Gasteiger partial charge in [-0.3, -0.25) is 14.3 Å². The first-order valence-corrected chi connectivity index (χ1v) is 9.90. The first-order chi connectivity index (χ1) is 15.4. The number of aryl methyl sites for hydroxylation is 1. The van der Waals surface area contributed by atoms with Gasteiger partial charge in [-0.05, 0) is 12.1 Å². The number of rotatable bonds is 3. The standard InChI is InChI=1S/C23H15ClFN3O4/c1-27-17-9-19(14-7-20(31-2)16(25)8-15(14)24)32-21(17)22(29)28(23(27)30)18-11-26-10-12-5-3-4-6-13(12)18/h3-11H,1-2H3. The van der Waals surface area contributed by atoms with Crippen molar-refractivity contribution in [3.05, 3.63) is 86.5 Å². The molecule has 2 aromatic carbocycles. The van der Waals surface area contributed by atoms with Gasteiger partial charge < -0.3 is 9.15 Å². The van der Waals surface area contributed by atoms with Crippen LogP contribution in [0.2, 0.25) is 5.02 Å². The summed E-state index contributed by atoms with van der Waals surface area (Å²) in [4.78, 5) is 30.7. The molecule has 0 aliphatic heterocycles. The van der Waals surface area contributed by atoms with Gasteiger partial charge in [-0.2, -0.15) is 0 Å². The van der Waals surface area contributed by atoms with E-state index in [4.69, 9.17) is 20.8 Å². The topological polar surface area (TPSA) is 79.3 Å². The summed E-state index contributed by atoms with van der Waals surface area (Å²) in [6, 6.07) is 11.3. The number of halogens is 2. The Morgan fingerprint density at radius 3 is 2.69 bits per heavy atom. The molecular formula is C23H15ClFN3O4. The Labute approximate surface area is 184 Å². The fraction of sp³-hybridized carbons (Fsp3) is 0.0870. The van der Waals surface area contributed by atoms with Crippen LogP contribution >= 0.6 is 11.6 Å². The van der Waals surface area contributed by atoms with Gasteiger partial charge in [-0.25, -0.2) is 13.8 Å². The van der Waals surface area contributed by atoms with Crippen molar-refractivity contribution < 1.29 is 13.5 Å². The van der Waals surface area contributed by atoms with E-state index < -0.39 is 17.1 Å². The van der Waals surface area contributed by atoms with Gasteiger partial charge >= 0.3 is 11.2 Å². The number of pyridine rings is 1. The molecule has 0 spiro atoms. The lowest BCUT2D eigenvalue weighted by atomic mass is 10.1. The normalized spacial score (nSPS) is 11.4. The van der Waals surface area contributed by atoms with Crippen LogP contribution in [-0.4, -0.2) is 21.2 Å². The van der Waals surface area contributed by atoms with Crippen molar-refractivity contribution in [2.24, 2.45) is 7.05 Å². The minimum absolute atomic E-state index is 0.0296. The molecule has 0 aliphatic rings. The SMILES string of the molecule is COc1cc(-c2cc3c(o2)c(=O)n(-c2cncc4ccccc24)c(=O)n3C)c(Cl)cc1F. The molecule has 0 saturated heterocycles. The molecule has 3 aromatic heterocycles. The molecule has 3 heterocycles. The molecule has 32 heavy (non-hydrogen) atoms. The van der Waals surface area contributed by atoms with E-state index in [1.54, 1.807) is 12.3 Å². The van der Waals surface area contributed by atoms with Crippen LogP contribution < -0.4 is 16.0 Å². The zero-order valence-electron chi connectivity index (χ0n) is 16.9. The van der Waals surface area contributed by atoms with Gasteiger partial charge in [0.25, 0.3) is 0 Å². The minimum Gasteiger partial charge on any atom is -0.494 e. The van der Waals surface area contributed by atoms with Crippen LogP contribution in [0.5, 0.6) is 5.75 Å². The van der Waals surface area contributed by atoms with E-state index in [9.17, 15) is 14.0 Å². The Balaban J connectivity index is 1.82. The van der Waals surface area contributed by atoms with Crippen LogP contribution in [0.25, 0.3) is 38.9 Å². The van der Waals surface area contributed by atoms with E-state index in [0.29, 0.717) is 16.6 Å². The number of benzene rings is 2. The fourth-order valence-electron chi connectivity index (χ4n) is 3.72. The van der Waals surface area contributed by atoms with Gasteiger partial charge in [0.1, 0.15) is 5.76 Å². The average Bonchev–Trinajstić information content (AvgIpc) is 3.24. The fourth-order valence-corrected chi connectivity index (χ4v) is 3.97. The molecule has 0 bridgehead atoms. The number of fused-ring (bicyclic) bond motifs is 2. The monoisotopic (exact) mass is 451 g/mol. The van der Waals surface area contributed by atoms with Crippen molar-refractivity contribution in [3.8, 4) is 22.8 Å². The summed E-state index contributed by atoms with van der Waals surface area (Å²) in [5, 5.41) is 1.55. The third-order valence-electron chi connectivity index (χ3n) is 5.34. The van der Waals surface area contributed by atoms with Crippen molar-refractivity contribution in [1.29, 1.82) is 0 Å². The van der Waals surface area contributed by atoms with Crippen LogP contribution in [0.15, 0.2) is 68.9 Å². The lowest BCUT2D eigenvalue weighted by Gasteiger charge is -2.10. The summed E-state index contributed by atoms with van der Waals surface area (Å²) >= 11 is 6.21. The van der Waals surface area contributed by atoms with Crippen LogP contribution in [0, 0.1) is 5.82 Å². The highest BCUT2D eigenvalue weighted by Gasteiger charge is 2.21. The summed E-state index contributed by atoms with van der Waals surface area (Å²) in [6.45, 7) is 0. The second kappa shape index (κ2) is 7.35. The lowest BCUT2D eigenvalue weighted by Crippen LogP contribution is -2.37. The van der Waals surface area contributed by atoms with E-state index in [1.165, 1.54) is 37.1 Å². The molecule has 0 N–H and O–H groups in total. The second-order valence-corrected chi connectivity index (χ2v) is 7.56. The van der Waals surface area contributed by atoms with E-state index in [0.717, 1.165) is 16.0 Å². The summed E-state index contributed by atoms with van der Waals surface area (Å²) in [6.07, 6.45) is 3.12. The van der Waals surface area contributed by atoms with Gasteiger partial charge in [0.15, 0.2) is 11.6 Å². The summed E-state index contributed by atoms with van der Waals surface area (Å²) in [5.41, 5.74) is -0.303. The predicted octanol–water partition coefficient (Wildman–Crippen LogP) is 4.30. The third kappa shape index (κ3) is 2.91. The molecule has 0 unspecified atom stereocenters. The van der Waals surface area contributed by atoms with Crippen LogP contribution in [0.4, 0.5) is 4.39 Å². The zero-order valence-corrected chi connectivity index (χ0v) is 17.7. The highest BCUT2D eigenvalue weighted by atomic mass is 35.5. The molecule has 0 aliphatic carbocycles. The predicted molar refractivity (Wildman–Crippen MR) is 119 cm³/mol. The van der Waals surface area contributed by atoms with Crippen LogP contribution in [0.1, 0.15) is 0 Å². The number of hydrogen-bond donors (Lipinski definition) is 0. The van der Waals surface area contributed by atoms with Crippen molar-refractivity contribution in [2.75, 3.05) is 7.11 Å². The molecule has 9 heteroatoms. The minimum atomic E-state index is -0.641. The zero-order chi connectivity index (χ0) is 22.6. The Bertz CT molecular complexity index is 1650. The molecule has 5 aromatic rings. The second-order valence-electron chi connectivity index (χ2n) is 7.15. The molecule has 0 atom stereocenters. The molecule has 160 valence electrons. The molecule has 0 amide bonds. The van der Waals surface area contributed by atoms with Crippen LogP contribution in [0.3, 0.4) is 0 Å². The summed E-state index contributed by atoms with van der Waals surface area (Å²) in [7, 11) is 2.86. The molecule has 5 rings (SSSR count). The quantitative estimate of drug-likeness (QED) is 0.408. The Morgan fingerprint density at radius 2 is 1.91 bits per heavy atom. The van der Waals surface area contributed by atoms with Gasteiger partial charge in [0.2, 0.25) is 5.58 Å². The maximum Gasteiger partial charge on any atom is 0.336 e. The largest absolute Gasteiger partial charge is 0.494 e. The van der Waals surface area contributed by atoms with E-state index >= 15 is 0 Å². The first kappa shape index (κ1) is 20.0. The van der Waals surface area contributed by atoms with Gasteiger partial charge in [0.05, 0.1) is 29.5 Å². The van der Waals surface area contributed by atoms with Crippen molar-refractivity contribution in [2.45, 2.75) is 0 Å². The maximum atomic E-state index is 14.0. The van der Waals surface area contributed by atoms with Gasteiger partial charge in [-0.1, -0.05) is 35.9 Å². The van der Waals surface area contributed by atoms with E-state index in [1.807, 2.05) is 18.2 Å². The van der Waals surface area contributed by atoms with Gasteiger partial charge in [-0.15, -0.1) is 0 Å². The number of aromatic nitrogens is 3. The first-order valence-electron chi connectivity index (χ1n) is 9.53. The van der Waals surface area contributed by atoms with E-state index in [2.05, 4.69) is 4.98 Å². The molecule has 0 saturated carbocycles. The Kier molecular flexibility index (Phi) is 4.60.